The molecule has 1 amide bonds. The number of nitrogens with one attached hydrogen (secondary N) is 1. The Hall–Kier alpha value is -1.06. The van der Waals surface area contributed by atoms with Crippen LogP contribution in [-0.2, 0) is 9.59 Å². The molecule has 0 aromatic carbocycles. The maximum absolute atomic E-state index is 11.6. The van der Waals surface area contributed by atoms with E-state index < -0.39 is 11.9 Å². The van der Waals surface area contributed by atoms with E-state index in [1.54, 1.807) is 0 Å². The number of carboxylic acid groups (broad SMARTS) is 1. The molecule has 1 aliphatic carbocycles. The van der Waals surface area contributed by atoms with Crippen molar-refractivity contribution < 1.29 is 14.7 Å². The highest BCUT2D eigenvalue weighted by molar-refractivity contribution is 5.96. The van der Waals surface area contributed by atoms with Crippen LogP contribution in [0.3, 0.4) is 0 Å². The van der Waals surface area contributed by atoms with Crippen molar-refractivity contribution in [1.82, 2.24) is 5.32 Å². The zero-order valence-electron chi connectivity index (χ0n) is 10.2. The molecule has 0 aromatic heterocycles. The van der Waals surface area contributed by atoms with Gasteiger partial charge in [0.1, 0.15) is 5.92 Å². The fourth-order valence-corrected chi connectivity index (χ4v) is 2.50. The second kappa shape index (κ2) is 5.32. The van der Waals surface area contributed by atoms with Crippen molar-refractivity contribution in [1.29, 1.82) is 0 Å². The van der Waals surface area contributed by atoms with Crippen molar-refractivity contribution >= 4 is 11.9 Å². The van der Waals surface area contributed by atoms with Crippen molar-refractivity contribution in [3.05, 3.63) is 0 Å². The molecule has 1 saturated carbocycles. The smallest absolute Gasteiger partial charge is 0.315 e. The van der Waals surface area contributed by atoms with Crippen molar-refractivity contribution in [2.24, 2.45) is 17.8 Å². The third-order valence-corrected chi connectivity index (χ3v) is 3.29. The molecule has 0 aliphatic heterocycles. The van der Waals surface area contributed by atoms with Gasteiger partial charge in [-0.25, -0.2) is 0 Å². The van der Waals surface area contributed by atoms with Gasteiger partial charge < -0.3 is 10.4 Å². The molecular weight excluding hydrogens is 206 g/mol. The molecule has 4 heteroatoms. The minimum absolute atomic E-state index is 0.146. The average molecular weight is 227 g/mol. The molecule has 92 valence electrons. The molecule has 1 rings (SSSR count). The van der Waals surface area contributed by atoms with Crippen LogP contribution >= 0.6 is 0 Å². The topological polar surface area (TPSA) is 66.4 Å². The molecule has 0 aromatic rings. The lowest BCUT2D eigenvalue weighted by Gasteiger charge is -2.32. The second-order valence-electron chi connectivity index (χ2n) is 5.18. The predicted octanol–water partition coefficient (Wildman–Crippen LogP) is 1.65. The first-order valence-electron chi connectivity index (χ1n) is 5.93. The van der Waals surface area contributed by atoms with Crippen LogP contribution in [0.4, 0.5) is 0 Å². The van der Waals surface area contributed by atoms with Crippen LogP contribution in [0.25, 0.3) is 0 Å². The standard InChI is InChI=1S/C12H21NO3/c1-7-4-8(2)6-10(5-7)13-11(14)9(3)12(15)16/h7-10H,4-6H2,1-3H3,(H,13,14)(H,15,16). The van der Waals surface area contributed by atoms with Crippen molar-refractivity contribution in [2.45, 2.75) is 46.1 Å². The van der Waals surface area contributed by atoms with Crippen LogP contribution in [0.2, 0.25) is 0 Å². The van der Waals surface area contributed by atoms with E-state index in [1.807, 2.05) is 0 Å². The molecule has 1 aliphatic rings. The van der Waals surface area contributed by atoms with Gasteiger partial charge in [0, 0.05) is 6.04 Å². The van der Waals surface area contributed by atoms with E-state index in [-0.39, 0.29) is 11.9 Å². The van der Waals surface area contributed by atoms with Crippen molar-refractivity contribution in [3.63, 3.8) is 0 Å². The molecule has 0 saturated heterocycles. The number of amides is 1. The van der Waals surface area contributed by atoms with E-state index in [0.29, 0.717) is 11.8 Å². The maximum Gasteiger partial charge on any atom is 0.315 e. The number of carbonyl (C=O) groups excluding carboxylic acids is 1. The summed E-state index contributed by atoms with van der Waals surface area (Å²) >= 11 is 0. The van der Waals surface area contributed by atoms with Gasteiger partial charge in [-0.15, -0.1) is 0 Å². The molecule has 0 heterocycles. The second-order valence-corrected chi connectivity index (χ2v) is 5.18. The monoisotopic (exact) mass is 227 g/mol. The SMILES string of the molecule is CC1CC(C)CC(NC(=O)C(C)C(=O)O)C1. The number of hydrogen-bond donors (Lipinski definition) is 2. The lowest BCUT2D eigenvalue weighted by Crippen LogP contribution is -2.43. The van der Waals surface area contributed by atoms with E-state index in [0.717, 1.165) is 12.8 Å². The molecule has 16 heavy (non-hydrogen) atoms. The molecule has 4 nitrogen and oxygen atoms in total. The summed E-state index contributed by atoms with van der Waals surface area (Å²) in [4.78, 5) is 22.2. The van der Waals surface area contributed by atoms with Gasteiger partial charge in [-0.2, -0.15) is 0 Å². The van der Waals surface area contributed by atoms with Gasteiger partial charge in [-0.1, -0.05) is 13.8 Å². The summed E-state index contributed by atoms with van der Waals surface area (Å²) in [6.45, 7) is 5.78. The molecular formula is C12H21NO3. The fourth-order valence-electron chi connectivity index (χ4n) is 2.50. The first-order valence-corrected chi connectivity index (χ1v) is 5.93. The number of aliphatic carboxylic acids is 1. The van der Waals surface area contributed by atoms with E-state index in [2.05, 4.69) is 19.2 Å². The Morgan fingerprint density at radius 2 is 1.69 bits per heavy atom. The molecule has 0 bridgehead atoms. The predicted molar refractivity (Wildman–Crippen MR) is 60.9 cm³/mol. The summed E-state index contributed by atoms with van der Waals surface area (Å²) in [5.74, 6) is -1.16. The van der Waals surface area contributed by atoms with Gasteiger partial charge >= 0.3 is 5.97 Å². The number of carbonyl (C=O) groups is 2. The minimum atomic E-state index is -1.06. The third kappa shape index (κ3) is 3.51. The van der Waals surface area contributed by atoms with E-state index in [9.17, 15) is 9.59 Å². The first kappa shape index (κ1) is 13.0. The highest BCUT2D eigenvalue weighted by Crippen LogP contribution is 2.28. The zero-order valence-corrected chi connectivity index (χ0v) is 10.2. The summed E-state index contributed by atoms with van der Waals surface area (Å²) in [5.41, 5.74) is 0. The summed E-state index contributed by atoms with van der Waals surface area (Å²) < 4.78 is 0. The highest BCUT2D eigenvalue weighted by atomic mass is 16.4. The molecule has 3 unspecified atom stereocenters. The lowest BCUT2D eigenvalue weighted by molar-refractivity contribution is -0.146. The van der Waals surface area contributed by atoms with Gasteiger partial charge in [0.15, 0.2) is 0 Å². The normalized spacial score (nSPS) is 31.8. The lowest BCUT2D eigenvalue weighted by atomic mass is 9.80. The average Bonchev–Trinajstić information content (AvgIpc) is 2.14. The Labute approximate surface area is 96.4 Å². The van der Waals surface area contributed by atoms with E-state index in [1.165, 1.54) is 13.3 Å². The van der Waals surface area contributed by atoms with Crippen LogP contribution < -0.4 is 5.32 Å². The van der Waals surface area contributed by atoms with Gasteiger partial charge in [0.2, 0.25) is 5.91 Å². The molecule has 0 radical (unpaired) electrons. The Bertz CT molecular complexity index is 267. The Morgan fingerprint density at radius 1 is 1.19 bits per heavy atom. The fraction of sp³-hybridized carbons (Fsp3) is 0.833. The third-order valence-electron chi connectivity index (χ3n) is 3.29. The van der Waals surface area contributed by atoms with E-state index in [4.69, 9.17) is 5.11 Å². The Balaban J connectivity index is 2.47. The highest BCUT2D eigenvalue weighted by Gasteiger charge is 2.28. The van der Waals surface area contributed by atoms with Crippen LogP contribution in [0.15, 0.2) is 0 Å². The van der Waals surface area contributed by atoms with Crippen LogP contribution in [0.5, 0.6) is 0 Å². The van der Waals surface area contributed by atoms with Gasteiger partial charge in [0.25, 0.3) is 0 Å². The van der Waals surface area contributed by atoms with Gasteiger partial charge in [0.05, 0.1) is 0 Å². The van der Waals surface area contributed by atoms with Crippen LogP contribution in [-0.4, -0.2) is 23.0 Å². The maximum atomic E-state index is 11.6. The summed E-state index contributed by atoms with van der Waals surface area (Å²) in [7, 11) is 0. The quantitative estimate of drug-likeness (QED) is 0.720. The van der Waals surface area contributed by atoms with Crippen molar-refractivity contribution in [3.8, 4) is 0 Å². The van der Waals surface area contributed by atoms with Gasteiger partial charge in [-0.3, -0.25) is 9.59 Å². The summed E-state index contributed by atoms with van der Waals surface area (Å²) in [6.07, 6.45) is 3.12. The number of rotatable bonds is 3. The van der Waals surface area contributed by atoms with Gasteiger partial charge in [-0.05, 0) is 38.0 Å². The Kier molecular flexibility index (Phi) is 4.33. The molecule has 3 atom stereocenters. The minimum Gasteiger partial charge on any atom is -0.481 e. The first-order chi connectivity index (χ1) is 7.40. The van der Waals surface area contributed by atoms with Crippen LogP contribution in [0, 0.1) is 17.8 Å². The molecule has 2 N–H and O–H groups in total. The number of carboxylic acids is 1. The molecule has 1 fully saturated rings. The van der Waals surface area contributed by atoms with Crippen LogP contribution in [0.1, 0.15) is 40.0 Å². The number of hydrogen-bond acceptors (Lipinski definition) is 2. The molecule has 0 spiro atoms. The summed E-state index contributed by atoms with van der Waals surface area (Å²) in [6, 6.07) is 0.146. The zero-order chi connectivity index (χ0) is 12.3. The largest absolute Gasteiger partial charge is 0.481 e. The van der Waals surface area contributed by atoms with E-state index >= 15 is 0 Å². The van der Waals surface area contributed by atoms with Crippen molar-refractivity contribution in [2.75, 3.05) is 0 Å². The summed E-state index contributed by atoms with van der Waals surface area (Å²) in [5, 5.41) is 11.6. The Morgan fingerprint density at radius 3 is 2.12 bits per heavy atom.